The van der Waals surface area contributed by atoms with Crippen LogP contribution in [0.5, 0.6) is 11.5 Å². The van der Waals surface area contributed by atoms with Crippen LogP contribution in [0.25, 0.3) is 10.8 Å². The summed E-state index contributed by atoms with van der Waals surface area (Å²) in [6, 6.07) is 19.4. The van der Waals surface area contributed by atoms with Gasteiger partial charge in [-0.05, 0) is 34.5 Å². The van der Waals surface area contributed by atoms with Crippen LogP contribution >= 0.6 is 0 Å². The molecule has 4 nitrogen and oxygen atoms in total. The smallest absolute Gasteiger partial charge is 0.307 e. The van der Waals surface area contributed by atoms with E-state index in [-0.39, 0.29) is 11.9 Å². The van der Waals surface area contributed by atoms with Crippen molar-refractivity contribution >= 4 is 16.6 Å². The van der Waals surface area contributed by atoms with E-state index in [2.05, 4.69) is 12.1 Å². The fourth-order valence-corrected chi connectivity index (χ4v) is 3.35. The molecule has 0 bridgehead atoms. The summed E-state index contributed by atoms with van der Waals surface area (Å²) in [6.07, 6.45) is -0.381. The van der Waals surface area contributed by atoms with E-state index in [0.29, 0.717) is 17.1 Å². The number of fused-ring (bicyclic) bond motifs is 2. The highest BCUT2D eigenvalue weighted by Gasteiger charge is 2.69. The molecule has 0 saturated carbocycles. The number of carbonyl (C=O) groups is 1. The summed E-state index contributed by atoms with van der Waals surface area (Å²) in [7, 11) is 1.58. The molecule has 2 aliphatic rings. The predicted molar refractivity (Wildman–Crippen MR) is 88.5 cm³/mol. The average molecular weight is 318 g/mol. The number of ketones is 1. The minimum atomic E-state index is -1.21. The third-order valence-corrected chi connectivity index (χ3v) is 4.67. The zero-order chi connectivity index (χ0) is 16.3. The number of rotatable bonds is 2. The number of benzene rings is 3. The van der Waals surface area contributed by atoms with Gasteiger partial charge in [0, 0.05) is 6.07 Å². The number of methoxy groups -OCH3 is 1. The van der Waals surface area contributed by atoms with E-state index in [1.165, 1.54) is 0 Å². The van der Waals surface area contributed by atoms with Gasteiger partial charge in [0.15, 0.2) is 6.10 Å². The quantitative estimate of drug-likeness (QED) is 0.673. The molecule has 2 aliphatic heterocycles. The van der Waals surface area contributed by atoms with Crippen LogP contribution < -0.4 is 9.47 Å². The summed E-state index contributed by atoms with van der Waals surface area (Å²) in [5.41, 5.74) is 1.49. The molecule has 1 saturated heterocycles. The molecular weight excluding hydrogens is 304 g/mol. The number of hydrogen-bond acceptors (Lipinski definition) is 4. The van der Waals surface area contributed by atoms with Crippen LogP contribution in [0.4, 0.5) is 0 Å². The van der Waals surface area contributed by atoms with Crippen LogP contribution in [-0.4, -0.2) is 18.7 Å². The van der Waals surface area contributed by atoms with E-state index in [1.54, 1.807) is 25.3 Å². The van der Waals surface area contributed by atoms with Crippen LogP contribution in [0.15, 0.2) is 60.7 Å². The molecule has 0 aliphatic carbocycles. The summed E-state index contributed by atoms with van der Waals surface area (Å²) in [4.78, 5) is 12.7. The number of Topliss-reactive ketones (excluding diaryl/α,β-unsaturated/α-hetero) is 1. The van der Waals surface area contributed by atoms with Crippen LogP contribution in [-0.2, 0) is 4.74 Å². The van der Waals surface area contributed by atoms with Gasteiger partial charge in [0.05, 0.1) is 12.7 Å². The van der Waals surface area contributed by atoms with Crippen molar-refractivity contribution in [1.82, 2.24) is 0 Å². The first kappa shape index (κ1) is 13.6. The molecule has 118 valence electrons. The van der Waals surface area contributed by atoms with E-state index in [0.717, 1.165) is 16.3 Å². The van der Waals surface area contributed by atoms with Crippen molar-refractivity contribution in [1.29, 1.82) is 0 Å². The van der Waals surface area contributed by atoms with Crippen molar-refractivity contribution in [3.63, 3.8) is 0 Å². The minimum Gasteiger partial charge on any atom is -0.497 e. The standard InChI is InChI=1S/C20H14O4/c1-22-15-8-9-16-17(11-15)23-20(18(16)21)19(24-20)14-7-6-12-4-2-3-5-13(12)10-14/h2-11,19H,1H3. The molecule has 0 aromatic heterocycles. The summed E-state index contributed by atoms with van der Waals surface area (Å²) >= 11 is 0. The Morgan fingerprint density at radius 1 is 1.00 bits per heavy atom. The normalized spacial score (nSPS) is 24.0. The third kappa shape index (κ3) is 1.74. The zero-order valence-electron chi connectivity index (χ0n) is 13.0. The molecule has 0 radical (unpaired) electrons. The van der Waals surface area contributed by atoms with Gasteiger partial charge < -0.3 is 14.2 Å². The number of hydrogen-bond donors (Lipinski definition) is 0. The Hall–Kier alpha value is -2.85. The van der Waals surface area contributed by atoms with E-state index in [1.807, 2.05) is 30.3 Å². The lowest BCUT2D eigenvalue weighted by molar-refractivity contribution is 0.0537. The van der Waals surface area contributed by atoms with Gasteiger partial charge in [-0.2, -0.15) is 0 Å². The summed E-state index contributed by atoms with van der Waals surface area (Å²) in [5, 5.41) is 2.27. The highest BCUT2D eigenvalue weighted by Crippen LogP contribution is 2.57. The second-order valence-corrected chi connectivity index (χ2v) is 6.07. The Kier molecular flexibility index (Phi) is 2.59. The van der Waals surface area contributed by atoms with E-state index in [4.69, 9.17) is 14.2 Å². The summed E-state index contributed by atoms with van der Waals surface area (Å²) in [5.74, 6) is -0.167. The van der Waals surface area contributed by atoms with E-state index < -0.39 is 5.79 Å². The van der Waals surface area contributed by atoms with Crippen molar-refractivity contribution in [3.05, 3.63) is 71.8 Å². The molecular formula is C20H14O4. The monoisotopic (exact) mass is 318 g/mol. The Bertz CT molecular complexity index is 994. The van der Waals surface area contributed by atoms with Gasteiger partial charge in [-0.1, -0.05) is 36.4 Å². The van der Waals surface area contributed by atoms with Crippen molar-refractivity contribution in [2.45, 2.75) is 11.9 Å². The molecule has 3 aromatic carbocycles. The van der Waals surface area contributed by atoms with Crippen molar-refractivity contribution in [2.24, 2.45) is 0 Å². The Labute approximate surface area is 138 Å². The van der Waals surface area contributed by atoms with E-state index >= 15 is 0 Å². The summed E-state index contributed by atoms with van der Waals surface area (Å²) < 4.78 is 16.8. The SMILES string of the molecule is COc1ccc2c(c1)OC1(OC1c1ccc3ccccc3c1)C2=O. The molecule has 2 heterocycles. The lowest BCUT2D eigenvalue weighted by Crippen LogP contribution is -2.25. The van der Waals surface area contributed by atoms with Crippen LogP contribution in [0.2, 0.25) is 0 Å². The first-order chi connectivity index (χ1) is 11.7. The van der Waals surface area contributed by atoms with Gasteiger partial charge in [-0.3, -0.25) is 4.79 Å². The highest BCUT2D eigenvalue weighted by molar-refractivity contribution is 6.08. The molecule has 4 heteroatoms. The Balaban J connectivity index is 1.52. The van der Waals surface area contributed by atoms with Gasteiger partial charge in [0.1, 0.15) is 11.5 Å². The zero-order valence-corrected chi connectivity index (χ0v) is 13.0. The average Bonchev–Trinajstić information content (AvgIpc) is 3.28. The lowest BCUT2D eigenvalue weighted by Gasteiger charge is -2.05. The second kappa shape index (κ2) is 4.58. The van der Waals surface area contributed by atoms with E-state index in [9.17, 15) is 4.79 Å². The molecule has 0 amide bonds. The maximum Gasteiger partial charge on any atom is 0.307 e. The van der Waals surface area contributed by atoms with Gasteiger partial charge in [-0.25, -0.2) is 0 Å². The molecule has 3 aromatic rings. The number of epoxide rings is 1. The van der Waals surface area contributed by atoms with Crippen LogP contribution in [0, 0.1) is 0 Å². The third-order valence-electron chi connectivity index (χ3n) is 4.67. The number of carbonyl (C=O) groups excluding carboxylic acids is 1. The lowest BCUT2D eigenvalue weighted by atomic mass is 9.99. The second-order valence-electron chi connectivity index (χ2n) is 6.07. The van der Waals surface area contributed by atoms with Gasteiger partial charge >= 0.3 is 5.79 Å². The molecule has 2 unspecified atom stereocenters. The first-order valence-corrected chi connectivity index (χ1v) is 7.80. The fourth-order valence-electron chi connectivity index (χ4n) is 3.35. The Morgan fingerprint density at radius 3 is 2.67 bits per heavy atom. The summed E-state index contributed by atoms with van der Waals surface area (Å²) in [6.45, 7) is 0. The maximum atomic E-state index is 12.7. The van der Waals surface area contributed by atoms with Crippen molar-refractivity contribution < 1.29 is 19.0 Å². The topological polar surface area (TPSA) is 48.1 Å². The molecule has 5 rings (SSSR count). The predicted octanol–water partition coefficient (Wildman–Crippen LogP) is 3.89. The van der Waals surface area contributed by atoms with Crippen LogP contribution in [0.1, 0.15) is 22.0 Å². The Morgan fingerprint density at radius 2 is 1.83 bits per heavy atom. The van der Waals surface area contributed by atoms with Crippen molar-refractivity contribution in [3.8, 4) is 11.5 Å². The molecule has 1 fully saturated rings. The fraction of sp³-hybridized carbons (Fsp3) is 0.150. The minimum absolute atomic E-state index is 0.127. The maximum absolute atomic E-state index is 12.7. The molecule has 1 spiro atoms. The van der Waals surface area contributed by atoms with Gasteiger partial charge in [0.2, 0.25) is 5.78 Å². The number of ether oxygens (including phenoxy) is 3. The van der Waals surface area contributed by atoms with Crippen molar-refractivity contribution in [2.75, 3.05) is 7.11 Å². The largest absolute Gasteiger partial charge is 0.497 e. The highest BCUT2D eigenvalue weighted by atomic mass is 16.8. The van der Waals surface area contributed by atoms with Gasteiger partial charge in [-0.15, -0.1) is 0 Å². The molecule has 2 atom stereocenters. The van der Waals surface area contributed by atoms with Crippen LogP contribution in [0.3, 0.4) is 0 Å². The van der Waals surface area contributed by atoms with Gasteiger partial charge in [0.25, 0.3) is 0 Å². The first-order valence-electron chi connectivity index (χ1n) is 7.80. The molecule has 24 heavy (non-hydrogen) atoms. The molecule has 0 N–H and O–H groups in total.